The first kappa shape index (κ1) is 10.0. The topological polar surface area (TPSA) is 12.5 Å². The van der Waals surface area contributed by atoms with Crippen LogP contribution in [0.15, 0.2) is 0 Å². The molecule has 0 aromatic heterocycles. The summed E-state index contributed by atoms with van der Waals surface area (Å²) in [5.74, 6) is 0. The number of hydrogen-bond donors (Lipinski definition) is 0. The van der Waals surface area contributed by atoms with Crippen LogP contribution in [0.25, 0.3) is 0 Å². The van der Waals surface area contributed by atoms with Gasteiger partial charge in [-0.2, -0.15) is 0 Å². The molecule has 1 aliphatic rings. The number of morpholine rings is 1. The molecule has 0 aliphatic carbocycles. The summed E-state index contributed by atoms with van der Waals surface area (Å²) in [7, 11) is 2.21. The molecule has 0 aromatic rings. The van der Waals surface area contributed by atoms with Gasteiger partial charge in [0.2, 0.25) is 0 Å². The molecular formula is C10H21NO. The maximum atomic E-state index is 5.51. The van der Waals surface area contributed by atoms with Crippen molar-refractivity contribution in [2.75, 3.05) is 26.8 Å². The number of likely N-dealkylation sites (N-methyl/N-ethyl adjacent to an activating group) is 1. The lowest BCUT2D eigenvalue weighted by molar-refractivity contribution is -0.0513. The van der Waals surface area contributed by atoms with Crippen molar-refractivity contribution < 1.29 is 4.74 Å². The Hall–Kier alpha value is -0.0800. The molecule has 0 spiro atoms. The van der Waals surface area contributed by atoms with E-state index in [1.165, 1.54) is 19.3 Å². The van der Waals surface area contributed by atoms with Crippen molar-refractivity contribution in [1.82, 2.24) is 4.90 Å². The van der Waals surface area contributed by atoms with Crippen LogP contribution in [0.5, 0.6) is 0 Å². The molecule has 0 aromatic carbocycles. The van der Waals surface area contributed by atoms with E-state index in [1.54, 1.807) is 0 Å². The van der Waals surface area contributed by atoms with E-state index in [0.717, 1.165) is 19.8 Å². The first-order valence-corrected chi connectivity index (χ1v) is 4.98. The number of unbranched alkanes of at least 4 members (excludes halogenated alkanes) is 1. The van der Waals surface area contributed by atoms with E-state index < -0.39 is 0 Å². The van der Waals surface area contributed by atoms with Gasteiger partial charge in [0.05, 0.1) is 13.2 Å². The van der Waals surface area contributed by atoms with Gasteiger partial charge in [-0.1, -0.05) is 19.8 Å². The van der Waals surface area contributed by atoms with Gasteiger partial charge >= 0.3 is 0 Å². The Morgan fingerprint density at radius 3 is 2.83 bits per heavy atom. The second-order valence-electron chi connectivity index (χ2n) is 4.07. The maximum Gasteiger partial charge on any atom is 0.0648 e. The first-order chi connectivity index (χ1) is 5.69. The van der Waals surface area contributed by atoms with Gasteiger partial charge in [0.1, 0.15) is 0 Å². The number of nitrogens with zero attached hydrogens (tertiary/aromatic N) is 1. The third kappa shape index (κ3) is 2.20. The molecular weight excluding hydrogens is 150 g/mol. The van der Waals surface area contributed by atoms with Crippen molar-refractivity contribution in [1.29, 1.82) is 0 Å². The zero-order chi connectivity index (χ0) is 9.03. The standard InChI is InChI=1S/C10H21NO/c1-4-5-6-10(2)9-12-8-7-11(10)3/h4-9H2,1-3H3. The molecule has 2 nitrogen and oxygen atoms in total. The molecule has 0 radical (unpaired) electrons. The van der Waals surface area contributed by atoms with E-state index in [2.05, 4.69) is 25.8 Å². The molecule has 2 heteroatoms. The fourth-order valence-electron chi connectivity index (χ4n) is 1.69. The summed E-state index contributed by atoms with van der Waals surface area (Å²) in [6, 6.07) is 0. The Kier molecular flexibility index (Phi) is 3.53. The lowest BCUT2D eigenvalue weighted by Crippen LogP contribution is -2.52. The third-order valence-electron chi connectivity index (χ3n) is 2.97. The molecule has 1 heterocycles. The van der Waals surface area contributed by atoms with Gasteiger partial charge in [0, 0.05) is 12.1 Å². The van der Waals surface area contributed by atoms with Crippen molar-refractivity contribution in [2.45, 2.75) is 38.6 Å². The van der Waals surface area contributed by atoms with Gasteiger partial charge in [-0.15, -0.1) is 0 Å². The summed E-state index contributed by atoms with van der Waals surface area (Å²) in [6.45, 7) is 7.44. The maximum absolute atomic E-state index is 5.51. The highest BCUT2D eigenvalue weighted by Gasteiger charge is 2.31. The van der Waals surface area contributed by atoms with Crippen molar-refractivity contribution in [3.8, 4) is 0 Å². The number of hydrogen-bond acceptors (Lipinski definition) is 2. The fourth-order valence-corrected chi connectivity index (χ4v) is 1.69. The monoisotopic (exact) mass is 171 g/mol. The van der Waals surface area contributed by atoms with Crippen LogP contribution in [0, 0.1) is 0 Å². The summed E-state index contributed by atoms with van der Waals surface area (Å²) in [5.41, 5.74) is 0.300. The number of ether oxygens (including phenoxy) is 1. The minimum atomic E-state index is 0.300. The van der Waals surface area contributed by atoms with Gasteiger partial charge < -0.3 is 4.74 Å². The highest BCUT2D eigenvalue weighted by Crippen LogP contribution is 2.23. The Labute approximate surface area is 75.9 Å². The van der Waals surface area contributed by atoms with Crippen LogP contribution >= 0.6 is 0 Å². The van der Waals surface area contributed by atoms with E-state index >= 15 is 0 Å². The molecule has 0 saturated carbocycles. The Bertz CT molecular complexity index is 138. The van der Waals surface area contributed by atoms with Crippen molar-refractivity contribution in [3.63, 3.8) is 0 Å². The predicted octanol–water partition coefficient (Wildman–Crippen LogP) is 1.90. The minimum absolute atomic E-state index is 0.300. The summed E-state index contributed by atoms with van der Waals surface area (Å²) in [6.07, 6.45) is 3.85. The van der Waals surface area contributed by atoms with E-state index in [9.17, 15) is 0 Å². The van der Waals surface area contributed by atoms with Crippen LogP contribution in [-0.2, 0) is 4.74 Å². The second-order valence-corrected chi connectivity index (χ2v) is 4.07. The quantitative estimate of drug-likeness (QED) is 0.643. The molecule has 1 saturated heterocycles. The predicted molar refractivity (Wildman–Crippen MR) is 51.4 cm³/mol. The molecule has 0 bridgehead atoms. The normalized spacial score (nSPS) is 32.2. The molecule has 1 unspecified atom stereocenters. The molecule has 1 atom stereocenters. The Balaban J connectivity index is 2.42. The Morgan fingerprint density at radius 1 is 1.50 bits per heavy atom. The zero-order valence-electron chi connectivity index (χ0n) is 8.60. The van der Waals surface area contributed by atoms with Gasteiger partial charge in [0.15, 0.2) is 0 Å². The highest BCUT2D eigenvalue weighted by atomic mass is 16.5. The summed E-state index contributed by atoms with van der Waals surface area (Å²) >= 11 is 0. The largest absolute Gasteiger partial charge is 0.378 e. The van der Waals surface area contributed by atoms with Crippen molar-refractivity contribution in [2.24, 2.45) is 0 Å². The van der Waals surface area contributed by atoms with Gasteiger partial charge in [-0.25, -0.2) is 0 Å². The molecule has 1 fully saturated rings. The van der Waals surface area contributed by atoms with E-state index in [1.807, 2.05) is 0 Å². The van der Waals surface area contributed by atoms with E-state index in [0.29, 0.717) is 5.54 Å². The van der Waals surface area contributed by atoms with Crippen LogP contribution in [0.2, 0.25) is 0 Å². The van der Waals surface area contributed by atoms with Crippen LogP contribution in [0.4, 0.5) is 0 Å². The van der Waals surface area contributed by atoms with E-state index in [-0.39, 0.29) is 0 Å². The summed E-state index contributed by atoms with van der Waals surface area (Å²) < 4.78 is 5.51. The van der Waals surface area contributed by atoms with Crippen LogP contribution < -0.4 is 0 Å². The van der Waals surface area contributed by atoms with Gasteiger partial charge in [-0.05, 0) is 20.4 Å². The lowest BCUT2D eigenvalue weighted by Gasteiger charge is -2.42. The van der Waals surface area contributed by atoms with Gasteiger partial charge in [0.25, 0.3) is 0 Å². The molecule has 0 amide bonds. The SMILES string of the molecule is CCCCC1(C)COCCN1C. The molecule has 1 aliphatic heterocycles. The van der Waals surface area contributed by atoms with Crippen molar-refractivity contribution in [3.05, 3.63) is 0 Å². The minimum Gasteiger partial charge on any atom is -0.378 e. The van der Waals surface area contributed by atoms with Crippen LogP contribution in [0.3, 0.4) is 0 Å². The third-order valence-corrected chi connectivity index (χ3v) is 2.97. The van der Waals surface area contributed by atoms with Crippen LogP contribution in [-0.4, -0.2) is 37.2 Å². The number of rotatable bonds is 3. The molecule has 1 rings (SSSR count). The zero-order valence-corrected chi connectivity index (χ0v) is 8.60. The second kappa shape index (κ2) is 4.24. The molecule has 72 valence electrons. The smallest absolute Gasteiger partial charge is 0.0648 e. The molecule has 12 heavy (non-hydrogen) atoms. The lowest BCUT2D eigenvalue weighted by atomic mass is 9.93. The average Bonchev–Trinajstić information content (AvgIpc) is 2.07. The summed E-state index contributed by atoms with van der Waals surface area (Å²) in [4.78, 5) is 2.44. The van der Waals surface area contributed by atoms with Gasteiger partial charge in [-0.3, -0.25) is 4.90 Å². The highest BCUT2D eigenvalue weighted by molar-refractivity contribution is 4.86. The molecule has 0 N–H and O–H groups in total. The summed E-state index contributed by atoms with van der Waals surface area (Å²) in [5, 5.41) is 0. The Morgan fingerprint density at radius 2 is 2.25 bits per heavy atom. The first-order valence-electron chi connectivity index (χ1n) is 4.98. The average molecular weight is 171 g/mol. The van der Waals surface area contributed by atoms with Crippen molar-refractivity contribution >= 4 is 0 Å². The van der Waals surface area contributed by atoms with Crippen LogP contribution in [0.1, 0.15) is 33.1 Å². The fraction of sp³-hybridized carbons (Fsp3) is 1.00. The van der Waals surface area contributed by atoms with E-state index in [4.69, 9.17) is 4.74 Å².